The average Bonchev–Trinajstić information content (AvgIpc) is 2.83. The topological polar surface area (TPSA) is 29.3 Å². The summed E-state index contributed by atoms with van der Waals surface area (Å²) in [6, 6.07) is 6.79. The number of thiocarbonyl (C=S) groups is 1. The molecule has 0 spiro atoms. The van der Waals surface area contributed by atoms with Crippen molar-refractivity contribution in [2.45, 2.75) is 38.6 Å². The van der Waals surface area contributed by atoms with Gasteiger partial charge in [0, 0.05) is 28.3 Å². The van der Waals surface area contributed by atoms with Gasteiger partial charge in [-0.3, -0.25) is 0 Å². The molecule has 0 radical (unpaired) electrons. The van der Waals surface area contributed by atoms with E-state index in [-0.39, 0.29) is 0 Å². The molecule has 1 saturated carbocycles. The lowest BCUT2D eigenvalue weighted by atomic mass is 10.1. The van der Waals surface area contributed by atoms with Crippen LogP contribution in [0.25, 0.3) is 0 Å². The SMILES string of the molecule is CCN(c1cc(Br)ccc1C(N)=S)C1CCCC1. The largest absolute Gasteiger partial charge is 0.389 e. The Bertz CT molecular complexity index is 441. The van der Waals surface area contributed by atoms with Crippen molar-refractivity contribution in [1.82, 2.24) is 0 Å². The van der Waals surface area contributed by atoms with Crippen LogP contribution in [0.3, 0.4) is 0 Å². The van der Waals surface area contributed by atoms with Gasteiger partial charge in [-0.2, -0.15) is 0 Å². The number of hydrogen-bond donors (Lipinski definition) is 1. The summed E-state index contributed by atoms with van der Waals surface area (Å²) in [6.07, 6.45) is 5.21. The highest BCUT2D eigenvalue weighted by molar-refractivity contribution is 9.10. The van der Waals surface area contributed by atoms with E-state index in [1.165, 1.54) is 31.4 Å². The van der Waals surface area contributed by atoms with Gasteiger partial charge in [0.2, 0.25) is 0 Å². The van der Waals surface area contributed by atoms with Crippen molar-refractivity contribution in [2.24, 2.45) is 5.73 Å². The molecule has 0 aromatic heterocycles. The van der Waals surface area contributed by atoms with E-state index in [2.05, 4.69) is 33.8 Å². The first-order valence-corrected chi connectivity index (χ1v) is 7.69. The second-order valence-electron chi connectivity index (χ2n) is 4.75. The fraction of sp³-hybridized carbons (Fsp3) is 0.500. The summed E-state index contributed by atoms with van der Waals surface area (Å²) < 4.78 is 1.08. The van der Waals surface area contributed by atoms with Crippen LogP contribution in [0.1, 0.15) is 38.2 Å². The molecular formula is C14H19BrN2S. The number of rotatable bonds is 4. The van der Waals surface area contributed by atoms with Crippen molar-refractivity contribution in [3.8, 4) is 0 Å². The van der Waals surface area contributed by atoms with Gasteiger partial charge in [-0.05, 0) is 38.0 Å². The first kappa shape index (κ1) is 13.8. The molecule has 0 saturated heterocycles. The van der Waals surface area contributed by atoms with Gasteiger partial charge >= 0.3 is 0 Å². The van der Waals surface area contributed by atoms with E-state index in [9.17, 15) is 0 Å². The molecule has 0 atom stereocenters. The number of halogens is 1. The highest BCUT2D eigenvalue weighted by Gasteiger charge is 2.23. The Morgan fingerprint density at radius 1 is 1.44 bits per heavy atom. The Kier molecular flexibility index (Phi) is 4.62. The van der Waals surface area contributed by atoms with Crippen LogP contribution in [0.4, 0.5) is 5.69 Å². The maximum Gasteiger partial charge on any atom is 0.106 e. The number of anilines is 1. The lowest BCUT2D eigenvalue weighted by molar-refractivity contribution is 0.619. The lowest BCUT2D eigenvalue weighted by Gasteiger charge is -2.31. The molecule has 2 nitrogen and oxygen atoms in total. The normalized spacial score (nSPS) is 15.9. The van der Waals surface area contributed by atoms with E-state index in [0.717, 1.165) is 16.6 Å². The summed E-state index contributed by atoms with van der Waals surface area (Å²) in [5.41, 5.74) is 8.01. The Hall–Kier alpha value is -0.610. The van der Waals surface area contributed by atoms with Crippen LogP contribution in [0.15, 0.2) is 22.7 Å². The van der Waals surface area contributed by atoms with E-state index in [0.29, 0.717) is 11.0 Å². The summed E-state index contributed by atoms with van der Waals surface area (Å²) in [5, 5.41) is 0. The summed E-state index contributed by atoms with van der Waals surface area (Å²) in [7, 11) is 0. The standard InChI is InChI=1S/C14H19BrN2S/c1-2-17(11-5-3-4-6-11)13-9-10(15)7-8-12(13)14(16)18/h7-9,11H,2-6H2,1H3,(H2,16,18). The van der Waals surface area contributed by atoms with Crippen LogP contribution in [-0.2, 0) is 0 Å². The summed E-state index contributed by atoms with van der Waals surface area (Å²) in [4.78, 5) is 2.93. The van der Waals surface area contributed by atoms with Gasteiger partial charge in [0.1, 0.15) is 4.99 Å². The van der Waals surface area contributed by atoms with Gasteiger partial charge in [0.05, 0.1) is 0 Å². The Balaban J connectivity index is 2.39. The molecule has 0 heterocycles. The maximum atomic E-state index is 5.85. The van der Waals surface area contributed by atoms with Crippen molar-refractivity contribution in [3.63, 3.8) is 0 Å². The van der Waals surface area contributed by atoms with Gasteiger partial charge in [0.15, 0.2) is 0 Å². The molecule has 1 aliphatic rings. The Morgan fingerprint density at radius 3 is 2.67 bits per heavy atom. The number of nitrogens with two attached hydrogens (primary N) is 1. The minimum atomic E-state index is 0.481. The summed E-state index contributed by atoms with van der Waals surface area (Å²) in [6.45, 7) is 3.19. The highest BCUT2D eigenvalue weighted by atomic mass is 79.9. The molecule has 2 N–H and O–H groups in total. The lowest BCUT2D eigenvalue weighted by Crippen LogP contribution is -2.34. The van der Waals surface area contributed by atoms with E-state index in [1.807, 2.05) is 12.1 Å². The molecule has 1 fully saturated rings. The van der Waals surface area contributed by atoms with Crippen LogP contribution < -0.4 is 10.6 Å². The minimum Gasteiger partial charge on any atom is -0.389 e. The third kappa shape index (κ3) is 2.86. The van der Waals surface area contributed by atoms with E-state index >= 15 is 0 Å². The number of hydrogen-bond acceptors (Lipinski definition) is 2. The van der Waals surface area contributed by atoms with Crippen LogP contribution >= 0.6 is 28.1 Å². The molecule has 0 bridgehead atoms. The average molecular weight is 327 g/mol. The van der Waals surface area contributed by atoms with Crippen LogP contribution in [0.5, 0.6) is 0 Å². The second kappa shape index (κ2) is 6.02. The quantitative estimate of drug-likeness (QED) is 0.852. The van der Waals surface area contributed by atoms with Gasteiger partial charge in [-0.25, -0.2) is 0 Å². The zero-order valence-corrected chi connectivity index (χ0v) is 13.1. The van der Waals surface area contributed by atoms with Crippen LogP contribution in [0, 0.1) is 0 Å². The molecule has 98 valence electrons. The molecule has 1 aliphatic carbocycles. The molecule has 2 rings (SSSR count). The van der Waals surface area contributed by atoms with Crippen molar-refractivity contribution in [1.29, 1.82) is 0 Å². The molecule has 4 heteroatoms. The van der Waals surface area contributed by atoms with Crippen LogP contribution in [-0.4, -0.2) is 17.6 Å². The predicted molar refractivity (Wildman–Crippen MR) is 85.3 cm³/mol. The molecule has 1 aromatic carbocycles. The molecule has 0 aliphatic heterocycles. The molecule has 0 amide bonds. The zero-order valence-electron chi connectivity index (χ0n) is 10.7. The third-order valence-corrected chi connectivity index (χ3v) is 4.35. The van der Waals surface area contributed by atoms with Gasteiger partial charge in [-0.15, -0.1) is 0 Å². The van der Waals surface area contributed by atoms with E-state index < -0.39 is 0 Å². The Labute approximate surface area is 123 Å². The molecule has 1 aromatic rings. The molecule has 18 heavy (non-hydrogen) atoms. The molecular weight excluding hydrogens is 308 g/mol. The van der Waals surface area contributed by atoms with Crippen molar-refractivity contribution < 1.29 is 0 Å². The molecule has 0 unspecified atom stereocenters. The third-order valence-electron chi connectivity index (χ3n) is 3.64. The van der Waals surface area contributed by atoms with Gasteiger partial charge in [-0.1, -0.05) is 41.0 Å². The maximum absolute atomic E-state index is 5.85. The fourth-order valence-electron chi connectivity index (χ4n) is 2.79. The number of nitrogens with zero attached hydrogens (tertiary/aromatic N) is 1. The second-order valence-corrected chi connectivity index (χ2v) is 6.11. The summed E-state index contributed by atoms with van der Waals surface area (Å²) in [5.74, 6) is 0. The first-order valence-electron chi connectivity index (χ1n) is 6.49. The monoisotopic (exact) mass is 326 g/mol. The minimum absolute atomic E-state index is 0.481. The van der Waals surface area contributed by atoms with E-state index in [4.69, 9.17) is 18.0 Å². The van der Waals surface area contributed by atoms with Gasteiger partial charge in [0.25, 0.3) is 0 Å². The smallest absolute Gasteiger partial charge is 0.106 e. The highest BCUT2D eigenvalue weighted by Crippen LogP contribution is 2.32. The van der Waals surface area contributed by atoms with Crippen molar-refractivity contribution >= 4 is 38.8 Å². The van der Waals surface area contributed by atoms with Gasteiger partial charge < -0.3 is 10.6 Å². The first-order chi connectivity index (χ1) is 8.63. The Morgan fingerprint density at radius 2 is 2.11 bits per heavy atom. The zero-order chi connectivity index (χ0) is 13.1. The fourth-order valence-corrected chi connectivity index (χ4v) is 3.31. The van der Waals surface area contributed by atoms with Crippen LogP contribution in [0.2, 0.25) is 0 Å². The van der Waals surface area contributed by atoms with Crippen molar-refractivity contribution in [3.05, 3.63) is 28.2 Å². The number of benzene rings is 1. The van der Waals surface area contributed by atoms with E-state index in [1.54, 1.807) is 0 Å². The predicted octanol–water partition coefficient (Wildman–Crippen LogP) is 3.85. The summed E-state index contributed by atoms with van der Waals surface area (Å²) >= 11 is 8.71. The van der Waals surface area contributed by atoms with Crippen molar-refractivity contribution in [2.75, 3.05) is 11.4 Å².